The van der Waals surface area contributed by atoms with Crippen molar-refractivity contribution in [2.75, 3.05) is 6.61 Å². The lowest BCUT2D eigenvalue weighted by molar-refractivity contribution is -0.129. The van der Waals surface area contributed by atoms with Crippen molar-refractivity contribution in [1.82, 2.24) is 5.32 Å². The normalized spacial score (nSPS) is 15.5. The van der Waals surface area contributed by atoms with E-state index in [2.05, 4.69) is 5.32 Å². The van der Waals surface area contributed by atoms with E-state index >= 15 is 0 Å². The van der Waals surface area contributed by atoms with Crippen molar-refractivity contribution in [3.63, 3.8) is 0 Å². The van der Waals surface area contributed by atoms with Gasteiger partial charge in [0.05, 0.1) is 12.6 Å². The van der Waals surface area contributed by atoms with Crippen LogP contribution in [0.5, 0.6) is 0 Å². The fraction of sp³-hybridized carbons (Fsp3) is 0.778. The first kappa shape index (κ1) is 17.5. The van der Waals surface area contributed by atoms with Crippen LogP contribution in [0.15, 0.2) is 0 Å². The van der Waals surface area contributed by atoms with Gasteiger partial charge < -0.3 is 21.9 Å². The third-order valence-electron chi connectivity index (χ3n) is 2.40. The Labute approximate surface area is 101 Å². The number of aliphatic hydroxyl groups is 1. The van der Waals surface area contributed by atoms with Gasteiger partial charge in [-0.15, -0.1) is 12.4 Å². The molecule has 0 bridgehead atoms. The van der Waals surface area contributed by atoms with E-state index in [-0.39, 0.29) is 18.3 Å². The molecule has 96 valence electrons. The van der Waals surface area contributed by atoms with E-state index in [4.69, 9.17) is 16.6 Å². The minimum Gasteiger partial charge on any atom is -0.394 e. The molecule has 6 nitrogen and oxygen atoms in total. The second kappa shape index (κ2) is 8.32. The number of hydrogen-bond donors (Lipinski definition) is 4. The summed E-state index contributed by atoms with van der Waals surface area (Å²) in [6.07, 6.45) is 0.759. The minimum absolute atomic E-state index is 0. The van der Waals surface area contributed by atoms with Crippen molar-refractivity contribution in [3.05, 3.63) is 0 Å². The Morgan fingerprint density at radius 2 is 1.94 bits per heavy atom. The lowest BCUT2D eigenvalue weighted by Gasteiger charge is -2.20. The van der Waals surface area contributed by atoms with Gasteiger partial charge in [-0.05, 0) is 5.92 Å². The maximum atomic E-state index is 11.5. The van der Waals surface area contributed by atoms with E-state index in [0.717, 1.165) is 6.42 Å². The Morgan fingerprint density at radius 1 is 1.44 bits per heavy atom. The molecule has 6 N–H and O–H groups in total. The summed E-state index contributed by atoms with van der Waals surface area (Å²) in [5.41, 5.74) is 10.6. The van der Waals surface area contributed by atoms with E-state index in [9.17, 15) is 9.59 Å². The molecule has 2 amide bonds. The summed E-state index contributed by atoms with van der Waals surface area (Å²) in [6.45, 7) is 3.23. The molecule has 0 aliphatic rings. The second-order valence-corrected chi connectivity index (χ2v) is 3.56. The van der Waals surface area contributed by atoms with Crippen LogP contribution < -0.4 is 16.8 Å². The molecule has 0 aromatic rings. The molecule has 3 unspecified atom stereocenters. The molecule has 3 atom stereocenters. The zero-order valence-corrected chi connectivity index (χ0v) is 10.3. The van der Waals surface area contributed by atoms with Crippen LogP contribution in [0.3, 0.4) is 0 Å². The van der Waals surface area contributed by atoms with E-state index in [1.807, 2.05) is 13.8 Å². The molecule has 0 rings (SSSR count). The molecule has 0 saturated heterocycles. The van der Waals surface area contributed by atoms with Crippen LogP contribution in [0, 0.1) is 5.92 Å². The van der Waals surface area contributed by atoms with Crippen molar-refractivity contribution in [3.8, 4) is 0 Å². The van der Waals surface area contributed by atoms with Crippen LogP contribution in [0.25, 0.3) is 0 Å². The summed E-state index contributed by atoms with van der Waals surface area (Å²) in [7, 11) is 0. The molecule has 0 aromatic carbocycles. The molecular formula is C9H20ClN3O3. The van der Waals surface area contributed by atoms with Crippen LogP contribution in [-0.2, 0) is 9.59 Å². The number of nitrogens with two attached hydrogens (primary N) is 2. The molecule has 0 aliphatic heterocycles. The first-order chi connectivity index (χ1) is 6.93. The zero-order valence-electron chi connectivity index (χ0n) is 9.47. The number of carbonyl (C=O) groups excluding carboxylic acids is 2. The van der Waals surface area contributed by atoms with Crippen LogP contribution in [0.1, 0.15) is 20.3 Å². The molecule has 0 fully saturated rings. The lowest BCUT2D eigenvalue weighted by atomic mass is 9.99. The Bertz CT molecular complexity index is 238. The highest BCUT2D eigenvalue weighted by Gasteiger charge is 2.23. The molecule has 7 heteroatoms. The monoisotopic (exact) mass is 253 g/mol. The van der Waals surface area contributed by atoms with Crippen LogP contribution in [0.4, 0.5) is 0 Å². The molecule has 0 heterocycles. The zero-order chi connectivity index (χ0) is 12.0. The Morgan fingerprint density at radius 3 is 2.25 bits per heavy atom. The first-order valence-electron chi connectivity index (χ1n) is 4.90. The van der Waals surface area contributed by atoms with Gasteiger partial charge in [-0.25, -0.2) is 0 Å². The highest BCUT2D eigenvalue weighted by atomic mass is 35.5. The largest absolute Gasteiger partial charge is 0.394 e. The summed E-state index contributed by atoms with van der Waals surface area (Å²) in [6, 6.07) is -1.75. The van der Waals surface area contributed by atoms with Gasteiger partial charge in [0.25, 0.3) is 0 Å². The Hall–Kier alpha value is -0.850. The molecule has 0 aliphatic carbocycles. The highest BCUT2D eigenvalue weighted by molar-refractivity contribution is 5.89. The molecule has 0 spiro atoms. The SMILES string of the molecule is CCC(C)C(N)C(=O)NC(CO)C(N)=O.Cl. The number of hydrogen-bond acceptors (Lipinski definition) is 4. The number of carbonyl (C=O) groups is 2. The summed E-state index contributed by atoms with van der Waals surface area (Å²) < 4.78 is 0. The third-order valence-corrected chi connectivity index (χ3v) is 2.40. The summed E-state index contributed by atoms with van der Waals surface area (Å²) in [5.74, 6) is -1.23. The first-order valence-corrected chi connectivity index (χ1v) is 4.90. The fourth-order valence-corrected chi connectivity index (χ4v) is 0.987. The lowest BCUT2D eigenvalue weighted by Crippen LogP contribution is -2.53. The van der Waals surface area contributed by atoms with Gasteiger partial charge in [0, 0.05) is 0 Å². The Balaban J connectivity index is 0. The number of rotatable bonds is 6. The van der Waals surface area contributed by atoms with Gasteiger partial charge in [-0.3, -0.25) is 9.59 Å². The summed E-state index contributed by atoms with van der Waals surface area (Å²) in [5, 5.41) is 11.1. The average Bonchev–Trinajstić information content (AvgIpc) is 2.22. The van der Waals surface area contributed by atoms with E-state index in [1.54, 1.807) is 0 Å². The van der Waals surface area contributed by atoms with Gasteiger partial charge in [0.1, 0.15) is 6.04 Å². The smallest absolute Gasteiger partial charge is 0.242 e. The van der Waals surface area contributed by atoms with E-state index in [0.29, 0.717) is 0 Å². The van der Waals surface area contributed by atoms with Crippen molar-refractivity contribution in [2.45, 2.75) is 32.4 Å². The van der Waals surface area contributed by atoms with Crippen molar-refractivity contribution in [2.24, 2.45) is 17.4 Å². The van der Waals surface area contributed by atoms with Gasteiger partial charge in [0.2, 0.25) is 11.8 Å². The minimum atomic E-state index is -1.06. The van der Waals surface area contributed by atoms with Gasteiger partial charge in [-0.2, -0.15) is 0 Å². The van der Waals surface area contributed by atoms with Gasteiger partial charge in [-0.1, -0.05) is 20.3 Å². The quantitative estimate of drug-likeness (QED) is 0.473. The van der Waals surface area contributed by atoms with Crippen LogP contribution in [0.2, 0.25) is 0 Å². The Kier molecular flexibility index (Phi) is 9.12. The molecule has 0 aromatic heterocycles. The molecular weight excluding hydrogens is 234 g/mol. The van der Waals surface area contributed by atoms with Crippen molar-refractivity contribution >= 4 is 24.2 Å². The predicted octanol–water partition coefficient (Wildman–Crippen LogP) is -1.26. The van der Waals surface area contributed by atoms with Crippen LogP contribution in [-0.4, -0.2) is 35.6 Å². The van der Waals surface area contributed by atoms with Crippen molar-refractivity contribution < 1.29 is 14.7 Å². The maximum Gasteiger partial charge on any atom is 0.242 e. The molecule has 16 heavy (non-hydrogen) atoms. The molecule has 0 radical (unpaired) electrons. The number of amides is 2. The van der Waals surface area contributed by atoms with Gasteiger partial charge in [0.15, 0.2) is 0 Å². The standard InChI is InChI=1S/C9H19N3O3.ClH/c1-3-5(2)7(10)9(15)12-6(4-13)8(11)14;/h5-7,13H,3-4,10H2,1-2H3,(H2,11,14)(H,12,15);1H. The molecule has 0 saturated carbocycles. The maximum absolute atomic E-state index is 11.5. The second-order valence-electron chi connectivity index (χ2n) is 3.56. The van der Waals surface area contributed by atoms with E-state index in [1.165, 1.54) is 0 Å². The highest BCUT2D eigenvalue weighted by Crippen LogP contribution is 2.05. The average molecular weight is 254 g/mol. The predicted molar refractivity (Wildman–Crippen MR) is 62.9 cm³/mol. The van der Waals surface area contributed by atoms with E-state index < -0.39 is 30.5 Å². The fourth-order valence-electron chi connectivity index (χ4n) is 0.987. The number of halogens is 1. The topological polar surface area (TPSA) is 118 Å². The van der Waals surface area contributed by atoms with Gasteiger partial charge >= 0.3 is 0 Å². The van der Waals surface area contributed by atoms with Crippen LogP contribution >= 0.6 is 12.4 Å². The number of nitrogens with one attached hydrogen (secondary N) is 1. The van der Waals surface area contributed by atoms with Crippen molar-refractivity contribution in [1.29, 1.82) is 0 Å². The number of aliphatic hydroxyl groups excluding tert-OH is 1. The number of primary amides is 1. The summed E-state index contributed by atoms with van der Waals surface area (Å²) in [4.78, 5) is 22.2. The third kappa shape index (κ3) is 5.29. The summed E-state index contributed by atoms with van der Waals surface area (Å²) >= 11 is 0.